The Morgan fingerprint density at radius 1 is 0.900 bits per heavy atom. The molecule has 0 bridgehead atoms. The molecule has 0 saturated heterocycles. The minimum Gasteiger partial charge on any atom is -0.256 e. The summed E-state index contributed by atoms with van der Waals surface area (Å²) < 4.78 is 13.0. The van der Waals surface area contributed by atoms with Gasteiger partial charge in [-0.2, -0.15) is 0 Å². The van der Waals surface area contributed by atoms with Gasteiger partial charge in [-0.3, -0.25) is 4.98 Å². The van der Waals surface area contributed by atoms with Crippen LogP contribution < -0.4 is 0 Å². The lowest BCUT2D eigenvalue weighted by Gasteiger charge is -2.08. The second-order valence-electron chi connectivity index (χ2n) is 4.40. The Kier molecular flexibility index (Phi) is 3.21. The lowest BCUT2D eigenvalue weighted by atomic mass is 10.0. The van der Waals surface area contributed by atoms with Gasteiger partial charge in [0.2, 0.25) is 0 Å². The van der Waals surface area contributed by atoms with Gasteiger partial charge in [0, 0.05) is 23.5 Å². The van der Waals surface area contributed by atoms with Crippen LogP contribution in [-0.4, -0.2) is 15.0 Å². The zero-order chi connectivity index (χ0) is 13.9. The zero-order valence-electron chi connectivity index (χ0n) is 10.9. The van der Waals surface area contributed by atoms with E-state index >= 15 is 0 Å². The Morgan fingerprint density at radius 2 is 1.70 bits per heavy atom. The summed E-state index contributed by atoms with van der Waals surface area (Å²) in [5.74, 6) is 0.445. The molecule has 0 saturated carbocycles. The van der Waals surface area contributed by atoms with Crippen molar-refractivity contribution in [3.8, 4) is 22.5 Å². The summed E-state index contributed by atoms with van der Waals surface area (Å²) in [6, 6.07) is 12.0. The molecule has 0 spiro atoms. The molecule has 0 radical (unpaired) electrons. The van der Waals surface area contributed by atoms with Gasteiger partial charge in [-0.15, -0.1) is 0 Å². The van der Waals surface area contributed by atoms with Crippen molar-refractivity contribution in [1.82, 2.24) is 15.0 Å². The molecule has 2 heterocycles. The molecule has 0 atom stereocenters. The normalized spacial score (nSPS) is 10.5. The van der Waals surface area contributed by atoms with E-state index in [0.717, 1.165) is 22.5 Å². The van der Waals surface area contributed by atoms with Crippen LogP contribution in [0.25, 0.3) is 22.5 Å². The van der Waals surface area contributed by atoms with Crippen molar-refractivity contribution >= 4 is 0 Å². The second kappa shape index (κ2) is 5.17. The molecule has 1 aromatic carbocycles. The van der Waals surface area contributed by atoms with Crippen LogP contribution in [0.4, 0.5) is 4.39 Å². The molecule has 0 amide bonds. The van der Waals surface area contributed by atoms with Gasteiger partial charge < -0.3 is 0 Å². The van der Waals surface area contributed by atoms with Crippen molar-refractivity contribution in [2.24, 2.45) is 0 Å². The molecule has 98 valence electrons. The first-order valence-corrected chi connectivity index (χ1v) is 6.25. The van der Waals surface area contributed by atoms with Crippen molar-refractivity contribution in [3.05, 3.63) is 66.5 Å². The quantitative estimate of drug-likeness (QED) is 0.710. The van der Waals surface area contributed by atoms with Crippen LogP contribution in [0.2, 0.25) is 0 Å². The number of hydrogen-bond donors (Lipinski definition) is 0. The van der Waals surface area contributed by atoms with Crippen molar-refractivity contribution in [1.29, 1.82) is 0 Å². The van der Waals surface area contributed by atoms with Gasteiger partial charge in [0.05, 0.1) is 11.4 Å². The van der Waals surface area contributed by atoms with E-state index in [1.54, 1.807) is 24.5 Å². The molecule has 4 heteroatoms. The molecule has 0 N–H and O–H groups in total. The first-order valence-electron chi connectivity index (χ1n) is 6.25. The SMILES string of the molecule is Cc1nccc(-c2cccnc2-c2ccc(F)cc2)n1. The molecular weight excluding hydrogens is 253 g/mol. The van der Waals surface area contributed by atoms with E-state index in [2.05, 4.69) is 15.0 Å². The summed E-state index contributed by atoms with van der Waals surface area (Å²) >= 11 is 0. The van der Waals surface area contributed by atoms with E-state index in [-0.39, 0.29) is 5.82 Å². The fourth-order valence-electron chi connectivity index (χ4n) is 2.06. The van der Waals surface area contributed by atoms with Gasteiger partial charge in [-0.25, -0.2) is 14.4 Å². The fraction of sp³-hybridized carbons (Fsp3) is 0.0625. The standard InChI is InChI=1S/C16H12FN3/c1-11-18-10-8-15(20-11)14-3-2-9-19-16(14)12-4-6-13(17)7-5-12/h2-10H,1H3. The topological polar surface area (TPSA) is 38.7 Å². The van der Waals surface area contributed by atoms with Crippen molar-refractivity contribution in [2.45, 2.75) is 6.92 Å². The maximum atomic E-state index is 13.0. The highest BCUT2D eigenvalue weighted by Gasteiger charge is 2.09. The van der Waals surface area contributed by atoms with Crippen LogP contribution >= 0.6 is 0 Å². The predicted molar refractivity (Wildman–Crippen MR) is 75.4 cm³/mol. The molecule has 3 aromatic rings. The van der Waals surface area contributed by atoms with E-state index in [9.17, 15) is 4.39 Å². The fourth-order valence-corrected chi connectivity index (χ4v) is 2.06. The summed E-state index contributed by atoms with van der Waals surface area (Å²) in [7, 11) is 0. The van der Waals surface area contributed by atoms with Gasteiger partial charge in [0.1, 0.15) is 11.6 Å². The lowest BCUT2D eigenvalue weighted by Crippen LogP contribution is -1.94. The molecular formula is C16H12FN3. The van der Waals surface area contributed by atoms with E-state index in [1.807, 2.05) is 25.1 Å². The predicted octanol–water partition coefficient (Wildman–Crippen LogP) is 3.65. The maximum absolute atomic E-state index is 13.0. The van der Waals surface area contributed by atoms with E-state index in [0.29, 0.717) is 5.82 Å². The molecule has 3 nitrogen and oxygen atoms in total. The summed E-state index contributed by atoms with van der Waals surface area (Å²) in [6.45, 7) is 1.84. The third-order valence-electron chi connectivity index (χ3n) is 2.98. The van der Waals surface area contributed by atoms with Gasteiger partial charge in [-0.05, 0) is 49.4 Å². The first-order chi connectivity index (χ1) is 9.74. The average molecular weight is 265 g/mol. The zero-order valence-corrected chi connectivity index (χ0v) is 10.9. The Morgan fingerprint density at radius 3 is 2.45 bits per heavy atom. The number of halogens is 1. The molecule has 20 heavy (non-hydrogen) atoms. The monoisotopic (exact) mass is 265 g/mol. The number of hydrogen-bond acceptors (Lipinski definition) is 3. The first kappa shape index (κ1) is 12.4. The number of nitrogens with zero attached hydrogens (tertiary/aromatic N) is 3. The summed E-state index contributed by atoms with van der Waals surface area (Å²) in [5, 5.41) is 0. The van der Waals surface area contributed by atoms with Gasteiger partial charge >= 0.3 is 0 Å². The van der Waals surface area contributed by atoms with Gasteiger partial charge in [0.25, 0.3) is 0 Å². The molecule has 0 aliphatic rings. The smallest absolute Gasteiger partial charge is 0.125 e. The lowest BCUT2D eigenvalue weighted by molar-refractivity contribution is 0.628. The Bertz CT molecular complexity index is 739. The Labute approximate surface area is 116 Å². The molecule has 0 unspecified atom stereocenters. The van der Waals surface area contributed by atoms with Crippen LogP contribution in [0.15, 0.2) is 54.9 Å². The van der Waals surface area contributed by atoms with Crippen molar-refractivity contribution in [3.63, 3.8) is 0 Å². The number of pyridine rings is 1. The second-order valence-corrected chi connectivity index (χ2v) is 4.40. The van der Waals surface area contributed by atoms with Crippen LogP contribution in [-0.2, 0) is 0 Å². The number of rotatable bonds is 2. The van der Waals surface area contributed by atoms with Crippen LogP contribution in [0, 0.1) is 12.7 Å². The third-order valence-corrected chi connectivity index (χ3v) is 2.98. The molecule has 0 fully saturated rings. The number of aryl methyl sites for hydroxylation is 1. The van der Waals surface area contributed by atoms with Crippen LogP contribution in [0.3, 0.4) is 0 Å². The summed E-state index contributed by atoms with van der Waals surface area (Å²) in [6.07, 6.45) is 3.44. The molecule has 0 aliphatic carbocycles. The van der Waals surface area contributed by atoms with Crippen molar-refractivity contribution < 1.29 is 4.39 Å². The minimum atomic E-state index is -0.260. The minimum absolute atomic E-state index is 0.260. The number of benzene rings is 1. The van der Waals surface area contributed by atoms with E-state index < -0.39 is 0 Å². The van der Waals surface area contributed by atoms with Crippen LogP contribution in [0.5, 0.6) is 0 Å². The molecule has 3 rings (SSSR count). The highest BCUT2D eigenvalue weighted by atomic mass is 19.1. The van der Waals surface area contributed by atoms with E-state index in [1.165, 1.54) is 12.1 Å². The molecule has 2 aromatic heterocycles. The summed E-state index contributed by atoms with van der Waals surface area (Å²) in [5.41, 5.74) is 3.36. The average Bonchev–Trinajstić information content (AvgIpc) is 2.48. The highest BCUT2D eigenvalue weighted by Crippen LogP contribution is 2.28. The summed E-state index contributed by atoms with van der Waals surface area (Å²) in [4.78, 5) is 12.9. The Hall–Kier alpha value is -2.62. The molecule has 0 aliphatic heterocycles. The van der Waals surface area contributed by atoms with E-state index in [4.69, 9.17) is 0 Å². The largest absolute Gasteiger partial charge is 0.256 e. The number of aromatic nitrogens is 3. The highest BCUT2D eigenvalue weighted by molar-refractivity contribution is 5.78. The maximum Gasteiger partial charge on any atom is 0.125 e. The Balaban J connectivity index is 2.16. The van der Waals surface area contributed by atoms with Crippen LogP contribution in [0.1, 0.15) is 5.82 Å². The van der Waals surface area contributed by atoms with Crippen molar-refractivity contribution in [2.75, 3.05) is 0 Å². The third kappa shape index (κ3) is 2.40. The van der Waals surface area contributed by atoms with Gasteiger partial charge in [-0.1, -0.05) is 0 Å². The van der Waals surface area contributed by atoms with Gasteiger partial charge in [0.15, 0.2) is 0 Å².